The predicted molar refractivity (Wildman–Crippen MR) is 34.6 cm³/mol. The zero-order valence-corrected chi connectivity index (χ0v) is 5.98. The number of rotatable bonds is 4. The molecule has 0 bridgehead atoms. The van der Waals surface area contributed by atoms with E-state index in [1.54, 1.807) is 12.1 Å². The number of hydrogen-bond donors (Lipinski definition) is 0. The molecular formula is C7H8F2N2. The number of halogens is 2. The van der Waals surface area contributed by atoms with Crippen LogP contribution in [-0.4, -0.2) is 5.92 Å². The van der Waals surface area contributed by atoms with Gasteiger partial charge in [0.2, 0.25) is 5.92 Å². The van der Waals surface area contributed by atoms with E-state index in [0.29, 0.717) is 0 Å². The summed E-state index contributed by atoms with van der Waals surface area (Å²) in [6.07, 6.45) is -1.19. The minimum Gasteiger partial charge on any atom is -0.207 e. The molecule has 0 aromatic rings. The Morgan fingerprint density at radius 2 is 1.36 bits per heavy atom. The highest BCUT2D eigenvalue weighted by Crippen LogP contribution is 2.25. The van der Waals surface area contributed by atoms with Crippen LogP contribution in [0.3, 0.4) is 0 Å². The summed E-state index contributed by atoms with van der Waals surface area (Å²) >= 11 is 0. The molecule has 60 valence electrons. The topological polar surface area (TPSA) is 47.6 Å². The Morgan fingerprint density at radius 1 is 1.00 bits per heavy atom. The third-order valence-electron chi connectivity index (χ3n) is 1.21. The van der Waals surface area contributed by atoms with Gasteiger partial charge in [-0.1, -0.05) is 0 Å². The molecule has 0 saturated heterocycles. The molecular weight excluding hydrogens is 150 g/mol. The SMILES string of the molecule is N#CCCC(F)(F)CCC#N. The summed E-state index contributed by atoms with van der Waals surface area (Å²) in [5, 5.41) is 16.0. The van der Waals surface area contributed by atoms with Crippen molar-refractivity contribution < 1.29 is 8.78 Å². The zero-order valence-electron chi connectivity index (χ0n) is 5.98. The van der Waals surface area contributed by atoms with E-state index in [4.69, 9.17) is 10.5 Å². The van der Waals surface area contributed by atoms with Crippen LogP contribution in [0.15, 0.2) is 0 Å². The van der Waals surface area contributed by atoms with Gasteiger partial charge in [-0.15, -0.1) is 0 Å². The zero-order chi connectivity index (χ0) is 8.74. The molecule has 0 aromatic carbocycles. The molecule has 4 heteroatoms. The lowest BCUT2D eigenvalue weighted by atomic mass is 10.1. The Bertz CT molecular complexity index is 168. The average Bonchev–Trinajstić information content (AvgIpc) is 1.97. The second kappa shape index (κ2) is 4.62. The van der Waals surface area contributed by atoms with Gasteiger partial charge in [-0.25, -0.2) is 8.78 Å². The number of hydrogen-bond acceptors (Lipinski definition) is 2. The molecule has 0 heterocycles. The first-order valence-corrected chi connectivity index (χ1v) is 3.24. The largest absolute Gasteiger partial charge is 0.250 e. The maximum Gasteiger partial charge on any atom is 0.250 e. The normalized spacial score (nSPS) is 10.2. The highest BCUT2D eigenvalue weighted by molar-refractivity contribution is 4.80. The molecule has 0 aromatic heterocycles. The molecule has 0 amide bonds. The van der Waals surface area contributed by atoms with Crippen molar-refractivity contribution in [2.45, 2.75) is 31.6 Å². The standard InChI is InChI=1S/C7H8F2N2/c8-7(9,3-1-5-10)4-2-6-11/h1-4H2. The summed E-state index contributed by atoms with van der Waals surface area (Å²) in [7, 11) is 0. The number of alkyl halides is 2. The summed E-state index contributed by atoms with van der Waals surface area (Å²) in [4.78, 5) is 0. The highest BCUT2D eigenvalue weighted by atomic mass is 19.3. The first kappa shape index (κ1) is 9.84. The molecule has 0 atom stereocenters. The summed E-state index contributed by atoms with van der Waals surface area (Å²) in [5.74, 6) is -2.84. The predicted octanol–water partition coefficient (Wildman–Crippen LogP) is 2.23. The van der Waals surface area contributed by atoms with Crippen molar-refractivity contribution in [1.82, 2.24) is 0 Å². The van der Waals surface area contributed by atoms with Crippen molar-refractivity contribution in [1.29, 1.82) is 10.5 Å². The van der Waals surface area contributed by atoms with Crippen LogP contribution < -0.4 is 0 Å². The van der Waals surface area contributed by atoms with Crippen molar-refractivity contribution in [3.05, 3.63) is 0 Å². The Balaban J connectivity index is 3.64. The molecule has 11 heavy (non-hydrogen) atoms. The van der Waals surface area contributed by atoms with Crippen LogP contribution in [0.2, 0.25) is 0 Å². The fraction of sp³-hybridized carbons (Fsp3) is 0.714. The van der Waals surface area contributed by atoms with Gasteiger partial charge >= 0.3 is 0 Å². The summed E-state index contributed by atoms with van der Waals surface area (Å²) in [6.45, 7) is 0. The van der Waals surface area contributed by atoms with Crippen molar-refractivity contribution in [3.63, 3.8) is 0 Å². The van der Waals surface area contributed by atoms with Gasteiger partial charge in [0, 0.05) is 25.7 Å². The van der Waals surface area contributed by atoms with Crippen molar-refractivity contribution in [2.75, 3.05) is 0 Å². The maximum atomic E-state index is 12.5. The van der Waals surface area contributed by atoms with Crippen molar-refractivity contribution in [3.8, 4) is 12.1 Å². The molecule has 0 spiro atoms. The summed E-state index contributed by atoms with van der Waals surface area (Å²) in [5.41, 5.74) is 0. The second-order valence-electron chi connectivity index (χ2n) is 2.17. The van der Waals surface area contributed by atoms with E-state index in [1.165, 1.54) is 0 Å². The van der Waals surface area contributed by atoms with Gasteiger partial charge in [0.05, 0.1) is 12.1 Å². The molecule has 0 radical (unpaired) electrons. The third kappa shape index (κ3) is 5.29. The minimum absolute atomic E-state index is 0.154. The van der Waals surface area contributed by atoms with Crippen molar-refractivity contribution in [2.24, 2.45) is 0 Å². The Labute approximate surface area is 64.0 Å². The lowest BCUT2D eigenvalue weighted by molar-refractivity contribution is -0.0134. The fourth-order valence-electron chi connectivity index (χ4n) is 0.603. The first-order chi connectivity index (χ1) is 5.12. The summed E-state index contributed by atoms with van der Waals surface area (Å²) in [6, 6.07) is 3.27. The number of nitrogens with zero attached hydrogens (tertiary/aromatic N) is 2. The van der Waals surface area contributed by atoms with E-state index < -0.39 is 18.8 Å². The Hall–Kier alpha value is -1.16. The Kier molecular flexibility index (Phi) is 4.14. The smallest absolute Gasteiger partial charge is 0.207 e. The molecule has 0 aliphatic rings. The average molecular weight is 158 g/mol. The Morgan fingerprint density at radius 3 is 1.64 bits per heavy atom. The number of nitriles is 2. The monoisotopic (exact) mass is 158 g/mol. The van der Waals surface area contributed by atoms with Crippen LogP contribution in [0, 0.1) is 22.7 Å². The molecule has 0 saturated carbocycles. The lowest BCUT2D eigenvalue weighted by Gasteiger charge is -2.11. The van der Waals surface area contributed by atoms with Gasteiger partial charge in [-0.3, -0.25) is 0 Å². The van der Waals surface area contributed by atoms with Gasteiger partial charge < -0.3 is 0 Å². The van der Waals surface area contributed by atoms with Gasteiger partial charge in [-0.2, -0.15) is 10.5 Å². The van der Waals surface area contributed by atoms with E-state index in [9.17, 15) is 8.78 Å². The van der Waals surface area contributed by atoms with Crippen LogP contribution in [0.1, 0.15) is 25.7 Å². The maximum absolute atomic E-state index is 12.5. The highest BCUT2D eigenvalue weighted by Gasteiger charge is 2.27. The third-order valence-corrected chi connectivity index (χ3v) is 1.21. The lowest BCUT2D eigenvalue weighted by Crippen LogP contribution is -2.14. The van der Waals surface area contributed by atoms with Crippen LogP contribution in [-0.2, 0) is 0 Å². The molecule has 0 aliphatic heterocycles. The van der Waals surface area contributed by atoms with Crippen LogP contribution in [0.25, 0.3) is 0 Å². The first-order valence-electron chi connectivity index (χ1n) is 3.24. The van der Waals surface area contributed by atoms with Gasteiger partial charge in [0.15, 0.2) is 0 Å². The van der Waals surface area contributed by atoms with E-state index in [-0.39, 0.29) is 12.8 Å². The fourth-order valence-corrected chi connectivity index (χ4v) is 0.603. The van der Waals surface area contributed by atoms with Crippen LogP contribution in [0.4, 0.5) is 8.78 Å². The molecule has 2 nitrogen and oxygen atoms in total. The van der Waals surface area contributed by atoms with E-state index in [0.717, 1.165) is 0 Å². The van der Waals surface area contributed by atoms with Gasteiger partial charge in [0.25, 0.3) is 0 Å². The van der Waals surface area contributed by atoms with E-state index in [1.807, 2.05) is 0 Å². The van der Waals surface area contributed by atoms with Gasteiger partial charge in [0.1, 0.15) is 0 Å². The molecule has 0 aliphatic carbocycles. The second-order valence-corrected chi connectivity index (χ2v) is 2.17. The van der Waals surface area contributed by atoms with E-state index in [2.05, 4.69) is 0 Å². The molecule has 0 N–H and O–H groups in total. The van der Waals surface area contributed by atoms with Gasteiger partial charge in [-0.05, 0) is 0 Å². The van der Waals surface area contributed by atoms with Crippen molar-refractivity contribution >= 4 is 0 Å². The minimum atomic E-state index is -2.84. The summed E-state index contributed by atoms with van der Waals surface area (Å²) < 4.78 is 25.0. The quantitative estimate of drug-likeness (QED) is 0.629. The van der Waals surface area contributed by atoms with Crippen LogP contribution >= 0.6 is 0 Å². The molecule has 0 fully saturated rings. The van der Waals surface area contributed by atoms with Crippen LogP contribution in [0.5, 0.6) is 0 Å². The molecule has 0 rings (SSSR count). The van der Waals surface area contributed by atoms with E-state index >= 15 is 0 Å². The molecule has 0 unspecified atom stereocenters.